The number of hydrogen-bond donors (Lipinski definition) is 0. The number of amides is 1. The van der Waals surface area contributed by atoms with Crippen LogP contribution < -0.4 is 0 Å². The summed E-state index contributed by atoms with van der Waals surface area (Å²) in [7, 11) is -3.08. The van der Waals surface area contributed by atoms with E-state index in [0.717, 1.165) is 43.7 Å². The summed E-state index contributed by atoms with van der Waals surface area (Å²) >= 11 is 0. The van der Waals surface area contributed by atoms with Gasteiger partial charge in [-0.2, -0.15) is 0 Å². The molecule has 3 saturated heterocycles. The second-order valence-corrected chi connectivity index (χ2v) is 11.1. The zero-order valence-corrected chi connectivity index (χ0v) is 18.4. The maximum atomic E-state index is 13.5. The molecule has 3 aliphatic rings. The van der Waals surface area contributed by atoms with Gasteiger partial charge in [0.05, 0.1) is 30.2 Å². The van der Waals surface area contributed by atoms with Gasteiger partial charge in [0.15, 0.2) is 21.3 Å². The number of carbonyl (C=O) groups is 1. The number of likely N-dealkylation sites (tertiary alicyclic amines) is 1. The van der Waals surface area contributed by atoms with E-state index < -0.39 is 9.84 Å². The van der Waals surface area contributed by atoms with Crippen molar-refractivity contribution < 1.29 is 17.9 Å². The Morgan fingerprint density at radius 1 is 1.19 bits per heavy atom. The van der Waals surface area contributed by atoms with Gasteiger partial charge in [0.25, 0.3) is 0 Å². The average molecular weight is 448 g/mol. The average Bonchev–Trinajstić information content (AvgIpc) is 3.53. The molecule has 0 bridgehead atoms. The molecule has 168 valence electrons. The van der Waals surface area contributed by atoms with Crippen molar-refractivity contribution in [3.63, 3.8) is 0 Å². The SMILES string of the molecule is O=C(CN1CCCC1c1nnc2ccccn12)N(CC1CCCO1)C1CCS(=O)(=O)C1. The van der Waals surface area contributed by atoms with E-state index >= 15 is 0 Å². The number of fused-ring (bicyclic) bond motifs is 1. The van der Waals surface area contributed by atoms with Gasteiger partial charge in [-0.3, -0.25) is 14.1 Å². The summed E-state index contributed by atoms with van der Waals surface area (Å²) in [4.78, 5) is 17.4. The molecule has 3 aliphatic heterocycles. The van der Waals surface area contributed by atoms with Crippen LogP contribution in [0.2, 0.25) is 0 Å². The molecule has 3 atom stereocenters. The lowest BCUT2D eigenvalue weighted by atomic mass is 10.1. The number of ether oxygens (including phenoxy) is 1. The van der Waals surface area contributed by atoms with Crippen LogP contribution in [0.3, 0.4) is 0 Å². The molecule has 0 radical (unpaired) electrons. The molecule has 0 aromatic carbocycles. The lowest BCUT2D eigenvalue weighted by Crippen LogP contribution is -2.49. The van der Waals surface area contributed by atoms with Crippen LogP contribution in [0, 0.1) is 0 Å². The third-order valence-electron chi connectivity index (χ3n) is 6.73. The highest BCUT2D eigenvalue weighted by atomic mass is 32.2. The van der Waals surface area contributed by atoms with E-state index in [1.165, 1.54) is 0 Å². The molecule has 0 saturated carbocycles. The van der Waals surface area contributed by atoms with Crippen molar-refractivity contribution in [1.29, 1.82) is 0 Å². The van der Waals surface area contributed by atoms with Crippen molar-refractivity contribution in [3.8, 4) is 0 Å². The molecule has 3 fully saturated rings. The quantitative estimate of drug-likeness (QED) is 0.653. The number of sulfone groups is 1. The first kappa shape index (κ1) is 20.8. The highest BCUT2D eigenvalue weighted by Gasteiger charge is 2.38. The summed E-state index contributed by atoms with van der Waals surface area (Å²) < 4.78 is 31.9. The minimum Gasteiger partial charge on any atom is -0.376 e. The van der Waals surface area contributed by atoms with E-state index in [1.807, 2.05) is 28.8 Å². The van der Waals surface area contributed by atoms with Gasteiger partial charge in [0.2, 0.25) is 5.91 Å². The Balaban J connectivity index is 1.34. The predicted molar refractivity (Wildman–Crippen MR) is 114 cm³/mol. The fraction of sp³-hybridized carbons (Fsp3) is 0.667. The largest absolute Gasteiger partial charge is 0.376 e. The van der Waals surface area contributed by atoms with Crippen molar-refractivity contribution >= 4 is 21.4 Å². The summed E-state index contributed by atoms with van der Waals surface area (Å²) in [5, 5.41) is 8.67. The summed E-state index contributed by atoms with van der Waals surface area (Å²) in [6.45, 7) is 2.26. The normalized spacial score (nSPS) is 28.5. The van der Waals surface area contributed by atoms with Crippen LogP contribution in [0.1, 0.15) is 44.0 Å². The molecule has 0 aliphatic carbocycles. The Morgan fingerprint density at radius 3 is 2.87 bits per heavy atom. The molecule has 2 aromatic heterocycles. The molecular weight excluding hydrogens is 418 g/mol. The number of rotatable bonds is 6. The zero-order valence-electron chi connectivity index (χ0n) is 17.6. The number of pyridine rings is 1. The minimum atomic E-state index is -3.08. The number of aromatic nitrogens is 3. The van der Waals surface area contributed by atoms with E-state index in [9.17, 15) is 13.2 Å². The van der Waals surface area contributed by atoms with Crippen molar-refractivity contribution in [2.75, 3.05) is 37.7 Å². The van der Waals surface area contributed by atoms with E-state index in [1.54, 1.807) is 4.90 Å². The highest BCUT2D eigenvalue weighted by Crippen LogP contribution is 2.31. The standard InChI is InChI=1S/C21H29N5O4S/c27-20(26(13-17-5-4-11-30-17)16-8-12-31(28,29)15-16)14-24-9-3-6-18(24)21-23-22-19-7-1-2-10-25(19)21/h1-2,7,10,16-18H,3-6,8-9,11-15H2. The maximum Gasteiger partial charge on any atom is 0.237 e. The second-order valence-electron chi connectivity index (χ2n) is 8.85. The van der Waals surface area contributed by atoms with Crippen LogP contribution >= 0.6 is 0 Å². The Morgan fingerprint density at radius 2 is 2.10 bits per heavy atom. The maximum absolute atomic E-state index is 13.5. The fourth-order valence-corrected chi connectivity index (χ4v) is 6.87. The zero-order chi connectivity index (χ0) is 21.4. The monoisotopic (exact) mass is 447 g/mol. The Kier molecular flexibility index (Phi) is 5.70. The molecule has 0 N–H and O–H groups in total. The summed E-state index contributed by atoms with van der Waals surface area (Å²) in [5.74, 6) is 1.06. The van der Waals surface area contributed by atoms with Gasteiger partial charge in [-0.25, -0.2) is 8.42 Å². The topological polar surface area (TPSA) is 97.1 Å². The van der Waals surface area contributed by atoms with Gasteiger partial charge in [0.1, 0.15) is 0 Å². The molecule has 9 nitrogen and oxygen atoms in total. The van der Waals surface area contributed by atoms with E-state index in [4.69, 9.17) is 4.74 Å². The number of hydrogen-bond acceptors (Lipinski definition) is 7. The van der Waals surface area contributed by atoms with Gasteiger partial charge < -0.3 is 9.64 Å². The molecular formula is C21H29N5O4S. The van der Waals surface area contributed by atoms with Gasteiger partial charge >= 0.3 is 0 Å². The molecule has 0 spiro atoms. The Labute approximate surface area is 182 Å². The van der Waals surface area contributed by atoms with Gasteiger partial charge in [-0.1, -0.05) is 6.07 Å². The molecule has 31 heavy (non-hydrogen) atoms. The molecule has 3 unspecified atom stereocenters. The van der Waals surface area contributed by atoms with E-state index in [2.05, 4.69) is 15.1 Å². The summed E-state index contributed by atoms with van der Waals surface area (Å²) in [5.41, 5.74) is 0.798. The van der Waals surface area contributed by atoms with Crippen molar-refractivity contribution in [1.82, 2.24) is 24.4 Å². The fourth-order valence-electron chi connectivity index (χ4n) is 5.14. The number of nitrogens with zero attached hydrogens (tertiary/aromatic N) is 5. The molecule has 5 heterocycles. The van der Waals surface area contributed by atoms with Crippen molar-refractivity contribution in [3.05, 3.63) is 30.2 Å². The molecule has 10 heteroatoms. The van der Waals surface area contributed by atoms with Crippen LogP contribution in [0.25, 0.3) is 5.65 Å². The van der Waals surface area contributed by atoms with Gasteiger partial charge in [0, 0.05) is 25.4 Å². The third kappa shape index (κ3) is 4.33. The molecule has 5 rings (SSSR count). The first-order valence-electron chi connectivity index (χ1n) is 11.2. The van der Waals surface area contributed by atoms with Crippen LogP contribution in [0.15, 0.2) is 24.4 Å². The second kappa shape index (κ2) is 8.48. The molecule has 1 amide bonds. The Hall–Kier alpha value is -2.04. The predicted octanol–water partition coefficient (Wildman–Crippen LogP) is 1.06. The first-order valence-corrected chi connectivity index (χ1v) is 13.0. The van der Waals surface area contributed by atoms with Crippen LogP contribution in [0.5, 0.6) is 0 Å². The van der Waals surface area contributed by atoms with Crippen LogP contribution in [0.4, 0.5) is 0 Å². The first-order chi connectivity index (χ1) is 15.0. The lowest BCUT2D eigenvalue weighted by molar-refractivity contribution is -0.136. The van der Waals surface area contributed by atoms with Gasteiger partial charge in [-0.05, 0) is 50.8 Å². The summed E-state index contributed by atoms with van der Waals surface area (Å²) in [6, 6.07) is 5.58. The number of carbonyl (C=O) groups excluding carboxylic acids is 1. The van der Waals surface area contributed by atoms with Crippen molar-refractivity contribution in [2.45, 2.75) is 50.3 Å². The van der Waals surface area contributed by atoms with Crippen LogP contribution in [-0.2, 0) is 19.4 Å². The van der Waals surface area contributed by atoms with Crippen LogP contribution in [-0.4, -0.2) is 88.6 Å². The highest BCUT2D eigenvalue weighted by molar-refractivity contribution is 7.91. The van der Waals surface area contributed by atoms with Gasteiger partial charge in [-0.15, -0.1) is 10.2 Å². The minimum absolute atomic E-state index is 0.00192. The third-order valence-corrected chi connectivity index (χ3v) is 8.48. The van der Waals surface area contributed by atoms with Crippen molar-refractivity contribution in [2.24, 2.45) is 0 Å². The summed E-state index contributed by atoms with van der Waals surface area (Å²) in [6.07, 6.45) is 6.29. The smallest absolute Gasteiger partial charge is 0.237 e. The van der Waals surface area contributed by atoms with E-state index in [-0.39, 0.29) is 42.1 Å². The lowest BCUT2D eigenvalue weighted by Gasteiger charge is -2.33. The Bertz CT molecular complexity index is 1050. The molecule has 2 aromatic rings. The van der Waals surface area contributed by atoms with E-state index in [0.29, 0.717) is 19.6 Å².